The third-order valence-corrected chi connectivity index (χ3v) is 3.08. The van der Waals surface area contributed by atoms with Crippen molar-refractivity contribution in [3.63, 3.8) is 0 Å². The average molecular weight is 250 g/mol. The van der Waals surface area contributed by atoms with E-state index in [1.807, 2.05) is 6.92 Å². The lowest BCUT2D eigenvalue weighted by molar-refractivity contribution is -0.385. The molecule has 1 N–H and O–H groups in total. The molecular weight excluding hydrogens is 232 g/mol. The molecule has 1 aliphatic carbocycles. The number of para-hydroxylation sites is 1. The maximum Gasteiger partial charge on any atom is 0.333 e. The molecule has 0 aliphatic heterocycles. The van der Waals surface area contributed by atoms with Gasteiger partial charge in [-0.05, 0) is 38.3 Å². The van der Waals surface area contributed by atoms with Crippen molar-refractivity contribution in [1.29, 1.82) is 0 Å². The van der Waals surface area contributed by atoms with Gasteiger partial charge in [-0.25, -0.2) is 0 Å². The van der Waals surface area contributed by atoms with E-state index in [-0.39, 0.29) is 16.1 Å². The quantitative estimate of drug-likeness (QED) is 0.621. The average Bonchev–Trinajstić information content (AvgIpc) is 3.03. The Balaban J connectivity index is 2.29. The number of ether oxygens (including phenoxy) is 1. The zero-order chi connectivity index (χ0) is 13.2. The van der Waals surface area contributed by atoms with E-state index in [1.54, 1.807) is 18.2 Å². The molecule has 0 heterocycles. The Kier molecular flexibility index (Phi) is 3.41. The van der Waals surface area contributed by atoms with Gasteiger partial charge in [0.1, 0.15) is 5.69 Å². The van der Waals surface area contributed by atoms with Crippen LogP contribution in [0.5, 0.6) is 5.75 Å². The molecule has 0 bridgehead atoms. The predicted octanol–water partition coefficient (Wildman–Crippen LogP) is 3.35. The van der Waals surface area contributed by atoms with Crippen LogP contribution in [0.15, 0.2) is 18.2 Å². The number of nitro groups is 1. The molecule has 0 atom stereocenters. The molecule has 0 amide bonds. The number of benzene rings is 1. The number of hydrogen-bond donors (Lipinski definition) is 1. The van der Waals surface area contributed by atoms with E-state index >= 15 is 0 Å². The van der Waals surface area contributed by atoms with Gasteiger partial charge in [0.15, 0.2) is 5.75 Å². The van der Waals surface area contributed by atoms with E-state index in [0.717, 1.165) is 19.3 Å². The number of rotatable bonds is 6. The highest BCUT2D eigenvalue weighted by Gasteiger charge is 2.39. The lowest BCUT2D eigenvalue weighted by Gasteiger charge is -2.15. The minimum absolute atomic E-state index is 0.00808. The highest BCUT2D eigenvalue weighted by atomic mass is 16.6. The lowest BCUT2D eigenvalue weighted by Crippen LogP contribution is -2.17. The van der Waals surface area contributed by atoms with Gasteiger partial charge in [0.25, 0.3) is 0 Å². The molecule has 1 aromatic rings. The van der Waals surface area contributed by atoms with E-state index in [0.29, 0.717) is 18.0 Å². The van der Waals surface area contributed by atoms with Crippen molar-refractivity contribution in [3.05, 3.63) is 28.3 Å². The standard InChI is InChI=1S/C13H18N2O3/c1-3-9-18-11-6-4-5-10(12(11)15(16)17)14-13(2)7-8-13/h4-6,14H,3,7-9H2,1-2H3. The molecular formula is C13H18N2O3. The monoisotopic (exact) mass is 250 g/mol. The minimum Gasteiger partial charge on any atom is -0.487 e. The van der Waals surface area contributed by atoms with Gasteiger partial charge in [-0.2, -0.15) is 0 Å². The second kappa shape index (κ2) is 4.84. The maximum atomic E-state index is 11.2. The summed E-state index contributed by atoms with van der Waals surface area (Å²) in [7, 11) is 0. The summed E-state index contributed by atoms with van der Waals surface area (Å²) >= 11 is 0. The van der Waals surface area contributed by atoms with Crippen molar-refractivity contribution in [2.75, 3.05) is 11.9 Å². The number of hydrogen-bond acceptors (Lipinski definition) is 4. The summed E-state index contributed by atoms with van der Waals surface area (Å²) in [4.78, 5) is 10.8. The molecule has 1 saturated carbocycles. The van der Waals surface area contributed by atoms with Gasteiger partial charge in [0.05, 0.1) is 11.5 Å². The van der Waals surface area contributed by atoms with E-state index in [1.165, 1.54) is 0 Å². The minimum atomic E-state index is -0.376. The molecule has 0 saturated heterocycles. The molecule has 18 heavy (non-hydrogen) atoms. The first-order chi connectivity index (χ1) is 8.56. The third-order valence-electron chi connectivity index (χ3n) is 3.08. The second-order valence-electron chi connectivity index (χ2n) is 4.94. The van der Waals surface area contributed by atoms with Gasteiger partial charge in [0, 0.05) is 5.54 Å². The highest BCUT2D eigenvalue weighted by Crippen LogP contribution is 2.43. The van der Waals surface area contributed by atoms with Crippen molar-refractivity contribution in [1.82, 2.24) is 0 Å². The molecule has 0 unspecified atom stereocenters. The fraction of sp³-hybridized carbons (Fsp3) is 0.538. The molecule has 5 heteroatoms. The Labute approximate surface area is 106 Å². The van der Waals surface area contributed by atoms with Crippen LogP contribution in [0.3, 0.4) is 0 Å². The Bertz CT molecular complexity index is 456. The van der Waals surface area contributed by atoms with Gasteiger partial charge in [-0.15, -0.1) is 0 Å². The first kappa shape index (κ1) is 12.7. The van der Waals surface area contributed by atoms with Gasteiger partial charge >= 0.3 is 5.69 Å². The fourth-order valence-corrected chi connectivity index (χ4v) is 1.78. The molecule has 1 aromatic carbocycles. The van der Waals surface area contributed by atoms with E-state index in [9.17, 15) is 10.1 Å². The maximum absolute atomic E-state index is 11.2. The zero-order valence-electron chi connectivity index (χ0n) is 10.7. The van der Waals surface area contributed by atoms with Crippen molar-refractivity contribution in [2.45, 2.75) is 38.6 Å². The summed E-state index contributed by atoms with van der Waals surface area (Å²) in [5.41, 5.74) is 0.599. The second-order valence-corrected chi connectivity index (χ2v) is 4.94. The summed E-state index contributed by atoms with van der Waals surface area (Å²) in [6.45, 7) is 4.52. The summed E-state index contributed by atoms with van der Waals surface area (Å²) in [5.74, 6) is 0.344. The largest absolute Gasteiger partial charge is 0.487 e. The third kappa shape index (κ3) is 2.72. The summed E-state index contributed by atoms with van der Waals surface area (Å²) in [6, 6.07) is 5.17. The first-order valence-corrected chi connectivity index (χ1v) is 6.24. The van der Waals surface area contributed by atoms with E-state index in [2.05, 4.69) is 12.2 Å². The molecule has 1 aliphatic rings. The molecule has 0 aromatic heterocycles. The molecule has 0 radical (unpaired) electrons. The van der Waals surface area contributed by atoms with Crippen LogP contribution in [0.4, 0.5) is 11.4 Å². The van der Waals surface area contributed by atoms with Crippen LogP contribution >= 0.6 is 0 Å². The predicted molar refractivity (Wildman–Crippen MR) is 70.1 cm³/mol. The van der Waals surface area contributed by atoms with Gasteiger partial charge in [0.2, 0.25) is 0 Å². The smallest absolute Gasteiger partial charge is 0.333 e. The molecule has 2 rings (SSSR count). The number of nitro benzene ring substituents is 1. The number of nitrogens with zero attached hydrogens (tertiary/aromatic N) is 1. The topological polar surface area (TPSA) is 64.4 Å². The SMILES string of the molecule is CCCOc1cccc(NC2(C)CC2)c1[N+](=O)[O-]. The normalized spacial score (nSPS) is 16.1. The lowest BCUT2D eigenvalue weighted by atomic mass is 10.2. The Hall–Kier alpha value is -1.78. The fourth-order valence-electron chi connectivity index (χ4n) is 1.78. The number of anilines is 1. The van der Waals surface area contributed by atoms with Crippen molar-refractivity contribution in [2.24, 2.45) is 0 Å². The molecule has 1 fully saturated rings. The zero-order valence-corrected chi connectivity index (χ0v) is 10.7. The van der Waals surface area contributed by atoms with Crippen LogP contribution in [0.1, 0.15) is 33.1 Å². The molecule has 0 spiro atoms. The van der Waals surface area contributed by atoms with E-state index in [4.69, 9.17) is 4.74 Å². The van der Waals surface area contributed by atoms with E-state index < -0.39 is 0 Å². The van der Waals surface area contributed by atoms with Crippen LogP contribution in [0.25, 0.3) is 0 Å². The Morgan fingerprint density at radius 2 is 2.22 bits per heavy atom. The summed E-state index contributed by atoms with van der Waals surface area (Å²) < 4.78 is 5.44. The molecule has 5 nitrogen and oxygen atoms in total. The van der Waals surface area contributed by atoms with Gasteiger partial charge in [-0.3, -0.25) is 10.1 Å². The summed E-state index contributed by atoms with van der Waals surface area (Å²) in [5, 5.41) is 14.4. The van der Waals surface area contributed by atoms with Crippen molar-refractivity contribution >= 4 is 11.4 Å². The Morgan fingerprint density at radius 1 is 1.50 bits per heavy atom. The van der Waals surface area contributed by atoms with Gasteiger partial charge in [-0.1, -0.05) is 13.0 Å². The molecule has 98 valence electrons. The van der Waals surface area contributed by atoms with Crippen LogP contribution in [0.2, 0.25) is 0 Å². The van der Waals surface area contributed by atoms with Crippen LogP contribution in [0, 0.1) is 10.1 Å². The first-order valence-electron chi connectivity index (χ1n) is 6.24. The highest BCUT2D eigenvalue weighted by molar-refractivity contribution is 5.69. The summed E-state index contributed by atoms with van der Waals surface area (Å²) in [6.07, 6.45) is 2.92. The van der Waals surface area contributed by atoms with Crippen molar-refractivity contribution < 1.29 is 9.66 Å². The van der Waals surface area contributed by atoms with Crippen LogP contribution in [-0.2, 0) is 0 Å². The number of nitrogens with one attached hydrogen (secondary N) is 1. The van der Waals surface area contributed by atoms with Crippen LogP contribution in [-0.4, -0.2) is 17.1 Å². The van der Waals surface area contributed by atoms with Crippen LogP contribution < -0.4 is 10.1 Å². The van der Waals surface area contributed by atoms with Crippen molar-refractivity contribution in [3.8, 4) is 5.75 Å². The Morgan fingerprint density at radius 3 is 2.78 bits per heavy atom. The van der Waals surface area contributed by atoms with Gasteiger partial charge < -0.3 is 10.1 Å².